The van der Waals surface area contributed by atoms with Crippen molar-refractivity contribution in [2.45, 2.75) is 5.72 Å². The van der Waals surface area contributed by atoms with Crippen molar-refractivity contribution in [2.24, 2.45) is 0 Å². The van der Waals surface area contributed by atoms with Crippen LogP contribution in [0.5, 0.6) is 0 Å². The Labute approximate surface area is 144 Å². The molecule has 1 atom stereocenters. The third-order valence-corrected chi connectivity index (χ3v) is 4.22. The highest BCUT2D eigenvalue weighted by molar-refractivity contribution is 6.31. The number of hydrogen-bond acceptors (Lipinski definition) is 6. The van der Waals surface area contributed by atoms with E-state index in [-0.39, 0.29) is 28.1 Å². The van der Waals surface area contributed by atoms with E-state index in [1.165, 1.54) is 0 Å². The average Bonchev–Trinajstić information content (AvgIpc) is 2.80. The van der Waals surface area contributed by atoms with Gasteiger partial charge in [0, 0.05) is 17.2 Å². The van der Waals surface area contributed by atoms with Gasteiger partial charge in [0.15, 0.2) is 12.0 Å². The Balaban J connectivity index is 2.41. The van der Waals surface area contributed by atoms with E-state index in [0.717, 1.165) is 24.3 Å². The highest BCUT2D eigenvalue weighted by Gasteiger charge is 2.50. The number of nitro groups is 1. The summed E-state index contributed by atoms with van der Waals surface area (Å²) in [5.74, 6) is -1.63. The number of nitrogens with one attached hydrogen (secondary N) is 1. The molecule has 128 valence electrons. The number of hydrogen-bond donors (Lipinski definition) is 3. The van der Waals surface area contributed by atoms with Gasteiger partial charge < -0.3 is 16.2 Å². The first kappa shape index (κ1) is 16.8. The van der Waals surface area contributed by atoms with E-state index in [0.29, 0.717) is 0 Å². The minimum atomic E-state index is -2.41. The van der Waals surface area contributed by atoms with Gasteiger partial charge in [-0.2, -0.15) is 0 Å². The Morgan fingerprint density at radius 3 is 2.64 bits per heavy atom. The maximum atomic E-state index is 13.3. The molecule has 8 nitrogen and oxygen atoms in total. The van der Waals surface area contributed by atoms with Gasteiger partial charge in [-0.05, 0) is 18.2 Å². The molecule has 1 amide bonds. The van der Waals surface area contributed by atoms with Gasteiger partial charge in [0.1, 0.15) is 11.4 Å². The standard InChI is InChI=1S/C15H9ClFN3O5/c16-9-4-7(17)1-2-8(9)15(23)12-10(20(24)25)3-6(5-21)13(18)11(12)14(22)19-15/h1-5,23H,18H2,(H,19,22). The summed E-state index contributed by atoms with van der Waals surface area (Å²) in [5.41, 5.74) is 1.01. The third kappa shape index (κ3) is 2.32. The molecule has 25 heavy (non-hydrogen) atoms. The van der Waals surface area contributed by atoms with Gasteiger partial charge in [0.05, 0.1) is 21.2 Å². The van der Waals surface area contributed by atoms with Gasteiger partial charge in [-0.1, -0.05) is 11.6 Å². The van der Waals surface area contributed by atoms with Crippen LogP contribution in [0.25, 0.3) is 0 Å². The van der Waals surface area contributed by atoms with E-state index in [1.54, 1.807) is 0 Å². The lowest BCUT2D eigenvalue weighted by Gasteiger charge is -2.25. The molecule has 1 heterocycles. The fourth-order valence-corrected chi connectivity index (χ4v) is 3.13. The van der Waals surface area contributed by atoms with Crippen LogP contribution in [0.15, 0.2) is 24.3 Å². The summed E-state index contributed by atoms with van der Waals surface area (Å²) in [7, 11) is 0. The van der Waals surface area contributed by atoms with Crippen molar-refractivity contribution in [1.82, 2.24) is 5.32 Å². The summed E-state index contributed by atoms with van der Waals surface area (Å²) in [6.45, 7) is 0. The molecule has 0 aromatic heterocycles. The summed E-state index contributed by atoms with van der Waals surface area (Å²) >= 11 is 5.94. The Kier molecular flexibility index (Phi) is 3.70. The normalized spacial score (nSPS) is 18.6. The Morgan fingerprint density at radius 1 is 1.40 bits per heavy atom. The number of aldehydes is 1. The van der Waals surface area contributed by atoms with Crippen LogP contribution in [0.2, 0.25) is 5.02 Å². The molecule has 0 radical (unpaired) electrons. The summed E-state index contributed by atoms with van der Waals surface area (Å²) in [5, 5.41) is 24.3. The van der Waals surface area contributed by atoms with Crippen LogP contribution < -0.4 is 11.1 Å². The molecule has 2 aromatic carbocycles. The quantitative estimate of drug-likeness (QED) is 0.328. The first-order valence-corrected chi connectivity index (χ1v) is 7.15. The molecule has 1 aliphatic rings. The molecule has 0 bridgehead atoms. The zero-order valence-corrected chi connectivity index (χ0v) is 13.0. The van der Waals surface area contributed by atoms with Gasteiger partial charge >= 0.3 is 0 Å². The topological polar surface area (TPSA) is 136 Å². The molecule has 1 aliphatic heterocycles. The summed E-state index contributed by atoms with van der Waals surface area (Å²) in [6.07, 6.45) is 0.262. The van der Waals surface area contributed by atoms with E-state index in [4.69, 9.17) is 17.3 Å². The predicted octanol–water partition coefficient (Wildman–Crippen LogP) is 1.72. The molecule has 2 aromatic rings. The lowest BCUT2D eigenvalue weighted by atomic mass is 9.90. The van der Waals surface area contributed by atoms with E-state index < -0.39 is 39.2 Å². The Morgan fingerprint density at radius 2 is 2.08 bits per heavy atom. The van der Waals surface area contributed by atoms with Crippen molar-refractivity contribution in [1.29, 1.82) is 0 Å². The maximum absolute atomic E-state index is 13.3. The number of aliphatic hydroxyl groups is 1. The molecule has 0 spiro atoms. The predicted molar refractivity (Wildman–Crippen MR) is 84.8 cm³/mol. The number of carbonyl (C=O) groups excluding carboxylic acids is 2. The number of benzene rings is 2. The SMILES string of the molecule is Nc1c(C=O)cc([N+](=O)[O-])c2c1C(=O)NC2(O)c1ccc(F)cc1Cl. The Hall–Kier alpha value is -3.04. The molecular formula is C15H9ClFN3O5. The number of halogens is 2. The molecule has 1 unspecified atom stereocenters. The molecular weight excluding hydrogens is 357 g/mol. The molecule has 0 saturated heterocycles. The molecule has 0 fully saturated rings. The second-order valence-corrected chi connectivity index (χ2v) is 5.72. The van der Waals surface area contributed by atoms with Gasteiger partial charge in [0.2, 0.25) is 0 Å². The average molecular weight is 366 g/mol. The van der Waals surface area contributed by atoms with Crippen LogP contribution in [0.4, 0.5) is 15.8 Å². The third-order valence-electron chi connectivity index (χ3n) is 3.91. The first-order chi connectivity index (χ1) is 11.7. The second-order valence-electron chi connectivity index (χ2n) is 5.31. The van der Waals surface area contributed by atoms with Crippen molar-refractivity contribution in [3.05, 3.63) is 67.5 Å². The monoisotopic (exact) mass is 365 g/mol. The second kappa shape index (κ2) is 5.50. The van der Waals surface area contributed by atoms with Crippen LogP contribution in [0, 0.1) is 15.9 Å². The molecule has 4 N–H and O–H groups in total. The molecule has 0 aliphatic carbocycles. The van der Waals surface area contributed by atoms with E-state index >= 15 is 0 Å². The number of anilines is 1. The number of nitrogens with zero attached hydrogens (tertiary/aromatic N) is 1. The molecule has 0 saturated carbocycles. The zero-order valence-electron chi connectivity index (χ0n) is 12.2. The summed E-state index contributed by atoms with van der Waals surface area (Å²) < 4.78 is 13.3. The van der Waals surface area contributed by atoms with Crippen LogP contribution in [-0.2, 0) is 5.72 Å². The van der Waals surface area contributed by atoms with Crippen LogP contribution >= 0.6 is 11.6 Å². The highest BCUT2D eigenvalue weighted by Crippen LogP contribution is 2.45. The van der Waals surface area contributed by atoms with Gasteiger partial charge in [-0.25, -0.2) is 4.39 Å². The number of nitro benzene ring substituents is 1. The zero-order chi connectivity index (χ0) is 18.5. The minimum Gasteiger partial charge on any atom is -0.397 e. The molecule has 3 rings (SSSR count). The van der Waals surface area contributed by atoms with Crippen LogP contribution in [-0.4, -0.2) is 22.2 Å². The number of fused-ring (bicyclic) bond motifs is 1. The largest absolute Gasteiger partial charge is 0.397 e. The van der Waals surface area contributed by atoms with Gasteiger partial charge in [-0.15, -0.1) is 0 Å². The molecule has 10 heteroatoms. The smallest absolute Gasteiger partial charge is 0.279 e. The number of rotatable bonds is 3. The minimum absolute atomic E-state index is 0.177. The summed E-state index contributed by atoms with van der Waals surface area (Å²) in [4.78, 5) is 33.9. The van der Waals surface area contributed by atoms with Crippen LogP contribution in [0.1, 0.15) is 31.8 Å². The maximum Gasteiger partial charge on any atom is 0.279 e. The highest BCUT2D eigenvalue weighted by atomic mass is 35.5. The van der Waals surface area contributed by atoms with E-state index in [1.807, 2.05) is 0 Å². The number of nitrogens with two attached hydrogens (primary N) is 1. The summed E-state index contributed by atoms with van der Waals surface area (Å²) in [6, 6.07) is 3.79. The fraction of sp³-hybridized carbons (Fsp3) is 0.0667. The first-order valence-electron chi connectivity index (χ1n) is 6.77. The van der Waals surface area contributed by atoms with Gasteiger partial charge in [-0.3, -0.25) is 19.7 Å². The van der Waals surface area contributed by atoms with Crippen molar-refractivity contribution >= 4 is 35.2 Å². The fourth-order valence-electron chi connectivity index (χ4n) is 2.82. The number of carbonyl (C=O) groups is 2. The van der Waals surface area contributed by atoms with E-state index in [2.05, 4.69) is 5.32 Å². The Bertz CT molecular complexity index is 965. The lowest BCUT2D eigenvalue weighted by Crippen LogP contribution is -2.40. The van der Waals surface area contributed by atoms with Crippen molar-refractivity contribution in [2.75, 3.05) is 5.73 Å². The van der Waals surface area contributed by atoms with Crippen molar-refractivity contribution in [3.8, 4) is 0 Å². The number of nitrogen functional groups attached to an aromatic ring is 1. The van der Waals surface area contributed by atoms with Gasteiger partial charge in [0.25, 0.3) is 11.6 Å². The number of amides is 1. The van der Waals surface area contributed by atoms with Crippen molar-refractivity contribution in [3.63, 3.8) is 0 Å². The van der Waals surface area contributed by atoms with Crippen LogP contribution in [0.3, 0.4) is 0 Å². The van der Waals surface area contributed by atoms with E-state index in [9.17, 15) is 29.2 Å². The van der Waals surface area contributed by atoms with Crippen molar-refractivity contribution < 1.29 is 24.0 Å². The lowest BCUT2D eigenvalue weighted by molar-refractivity contribution is -0.386.